The third-order valence-electron chi connectivity index (χ3n) is 3.16. The third kappa shape index (κ3) is 2.34. The average Bonchev–Trinajstić information content (AvgIpc) is 2.79. The Hall–Kier alpha value is -1.03. The minimum atomic E-state index is 0.355. The molecule has 3 rings (SSSR count). The van der Waals surface area contributed by atoms with Crippen LogP contribution in [0.15, 0.2) is 40.9 Å². The van der Waals surface area contributed by atoms with Crippen molar-refractivity contribution in [2.24, 2.45) is 0 Å². The van der Waals surface area contributed by atoms with E-state index in [-0.39, 0.29) is 0 Å². The van der Waals surface area contributed by atoms with E-state index in [9.17, 15) is 0 Å². The number of hydrogen-bond donors (Lipinski definition) is 0. The fourth-order valence-corrected chi connectivity index (χ4v) is 2.90. The first kappa shape index (κ1) is 13.9. The number of rotatable bonds is 2. The second kappa shape index (κ2) is 5.40. The number of aryl methyl sites for hydroxylation is 1. The van der Waals surface area contributed by atoms with E-state index in [2.05, 4.69) is 44.5 Å². The van der Waals surface area contributed by atoms with Gasteiger partial charge < -0.3 is 0 Å². The minimum absolute atomic E-state index is 0.355. The predicted molar refractivity (Wildman–Crippen MR) is 88.1 cm³/mol. The summed E-state index contributed by atoms with van der Waals surface area (Å²) in [5.74, 6) is 1.18. The fraction of sp³-hybridized carbons (Fsp3) is 0.133. The molecular weight excluding hydrogens is 359 g/mol. The molecule has 0 aliphatic rings. The molecule has 0 bridgehead atoms. The van der Waals surface area contributed by atoms with Gasteiger partial charge in [0.15, 0.2) is 0 Å². The van der Waals surface area contributed by atoms with Crippen LogP contribution in [-0.2, 0) is 5.88 Å². The van der Waals surface area contributed by atoms with E-state index in [1.807, 2.05) is 24.3 Å². The molecule has 0 N–H and O–H groups in total. The molecule has 0 aliphatic carbocycles. The summed E-state index contributed by atoms with van der Waals surface area (Å²) in [6, 6.07) is 12.0. The molecule has 0 saturated heterocycles. The highest BCUT2D eigenvalue weighted by Gasteiger charge is 2.12. The standard InChI is InChI=1S/C15H11BrCl2N2/c1-9-2-5-13-14(6-9)20(15(8-17)19-13)10-3-4-12(18)11(16)7-10/h2-7H,8H2,1H3. The van der Waals surface area contributed by atoms with Gasteiger partial charge in [-0.15, -0.1) is 11.6 Å². The normalized spacial score (nSPS) is 11.2. The summed E-state index contributed by atoms with van der Waals surface area (Å²) in [5, 5.41) is 0.682. The van der Waals surface area contributed by atoms with Gasteiger partial charge >= 0.3 is 0 Å². The lowest BCUT2D eigenvalue weighted by Crippen LogP contribution is -1.99. The fourth-order valence-electron chi connectivity index (χ4n) is 2.24. The highest BCUT2D eigenvalue weighted by molar-refractivity contribution is 9.10. The van der Waals surface area contributed by atoms with Crippen LogP contribution in [0.25, 0.3) is 16.7 Å². The summed E-state index contributed by atoms with van der Waals surface area (Å²) in [5.41, 5.74) is 4.17. The van der Waals surface area contributed by atoms with Gasteiger partial charge in [-0.05, 0) is 58.7 Å². The van der Waals surface area contributed by atoms with Crippen LogP contribution in [0.2, 0.25) is 5.02 Å². The van der Waals surface area contributed by atoms with E-state index in [1.54, 1.807) is 0 Å². The molecule has 3 aromatic rings. The summed E-state index contributed by atoms with van der Waals surface area (Å²) in [6.45, 7) is 2.06. The largest absolute Gasteiger partial charge is 0.295 e. The maximum atomic E-state index is 6.06. The first-order chi connectivity index (χ1) is 9.60. The third-order valence-corrected chi connectivity index (χ3v) is 4.61. The van der Waals surface area contributed by atoms with Crippen molar-refractivity contribution in [1.82, 2.24) is 9.55 Å². The van der Waals surface area contributed by atoms with E-state index in [1.165, 1.54) is 5.56 Å². The van der Waals surface area contributed by atoms with Crippen molar-refractivity contribution in [3.63, 3.8) is 0 Å². The van der Waals surface area contributed by atoms with Gasteiger partial charge in [0, 0.05) is 10.2 Å². The molecule has 0 saturated carbocycles. The Kier molecular flexibility index (Phi) is 3.76. The molecule has 0 atom stereocenters. The summed E-state index contributed by atoms with van der Waals surface area (Å²) < 4.78 is 2.92. The number of alkyl halides is 1. The molecule has 1 aromatic heterocycles. The smallest absolute Gasteiger partial charge is 0.129 e. The zero-order chi connectivity index (χ0) is 14.3. The molecule has 1 heterocycles. The van der Waals surface area contributed by atoms with Crippen LogP contribution in [0.3, 0.4) is 0 Å². The van der Waals surface area contributed by atoms with E-state index in [4.69, 9.17) is 23.2 Å². The Morgan fingerprint density at radius 2 is 2.00 bits per heavy atom. The van der Waals surface area contributed by atoms with Crippen LogP contribution in [0, 0.1) is 6.92 Å². The molecule has 0 radical (unpaired) electrons. The van der Waals surface area contributed by atoms with Gasteiger partial charge in [0.25, 0.3) is 0 Å². The first-order valence-corrected chi connectivity index (χ1v) is 7.80. The lowest BCUT2D eigenvalue weighted by atomic mass is 10.2. The Labute approximate surface area is 135 Å². The van der Waals surface area contributed by atoms with E-state index >= 15 is 0 Å². The number of imidazole rings is 1. The number of fused-ring (bicyclic) bond motifs is 1. The molecule has 0 aliphatic heterocycles. The van der Waals surface area contributed by atoms with Crippen molar-refractivity contribution >= 4 is 50.2 Å². The van der Waals surface area contributed by atoms with Gasteiger partial charge in [-0.1, -0.05) is 17.7 Å². The van der Waals surface area contributed by atoms with Crippen LogP contribution < -0.4 is 0 Å². The predicted octanol–water partition coefficient (Wildman–Crippen LogP) is 5.49. The van der Waals surface area contributed by atoms with Crippen LogP contribution >= 0.6 is 39.1 Å². The Morgan fingerprint density at radius 1 is 1.20 bits per heavy atom. The van der Waals surface area contributed by atoms with E-state index < -0.39 is 0 Å². The molecule has 2 aromatic carbocycles. The number of halogens is 3. The van der Waals surface area contributed by atoms with Gasteiger partial charge in [-0.2, -0.15) is 0 Å². The number of benzene rings is 2. The molecule has 0 unspecified atom stereocenters. The molecule has 102 valence electrons. The van der Waals surface area contributed by atoms with E-state index in [0.29, 0.717) is 10.9 Å². The van der Waals surface area contributed by atoms with Crippen molar-refractivity contribution in [2.45, 2.75) is 12.8 Å². The highest BCUT2D eigenvalue weighted by Crippen LogP contribution is 2.29. The van der Waals surface area contributed by atoms with Crippen molar-refractivity contribution in [3.8, 4) is 5.69 Å². The Balaban J connectivity index is 2.32. The Bertz CT molecular complexity index is 796. The van der Waals surface area contributed by atoms with Crippen LogP contribution in [0.4, 0.5) is 0 Å². The topological polar surface area (TPSA) is 17.8 Å². The van der Waals surface area contributed by atoms with Crippen LogP contribution in [0.5, 0.6) is 0 Å². The zero-order valence-corrected chi connectivity index (χ0v) is 13.8. The molecule has 0 fully saturated rings. The van der Waals surface area contributed by atoms with Gasteiger partial charge in [0.2, 0.25) is 0 Å². The molecule has 5 heteroatoms. The van der Waals surface area contributed by atoms with Crippen molar-refractivity contribution < 1.29 is 0 Å². The summed E-state index contributed by atoms with van der Waals surface area (Å²) in [4.78, 5) is 4.58. The molecule has 0 spiro atoms. The maximum absolute atomic E-state index is 6.06. The maximum Gasteiger partial charge on any atom is 0.129 e. The van der Waals surface area contributed by atoms with Gasteiger partial charge in [0.1, 0.15) is 5.82 Å². The highest BCUT2D eigenvalue weighted by atomic mass is 79.9. The first-order valence-electron chi connectivity index (χ1n) is 6.09. The molecule has 2 nitrogen and oxygen atoms in total. The number of nitrogens with zero attached hydrogens (tertiary/aromatic N) is 2. The molecular formula is C15H11BrCl2N2. The lowest BCUT2D eigenvalue weighted by molar-refractivity contribution is 0.981. The van der Waals surface area contributed by atoms with E-state index in [0.717, 1.165) is 27.0 Å². The summed E-state index contributed by atoms with van der Waals surface area (Å²) >= 11 is 15.6. The second-order valence-corrected chi connectivity index (χ2v) is 6.12. The average molecular weight is 370 g/mol. The zero-order valence-electron chi connectivity index (χ0n) is 10.7. The SMILES string of the molecule is Cc1ccc2nc(CCl)n(-c3ccc(Cl)c(Br)c3)c2c1. The van der Waals surface area contributed by atoms with Gasteiger partial charge in [0.05, 0.1) is 21.9 Å². The minimum Gasteiger partial charge on any atom is -0.295 e. The lowest BCUT2D eigenvalue weighted by Gasteiger charge is -2.09. The summed E-state index contributed by atoms with van der Waals surface area (Å²) in [6.07, 6.45) is 0. The second-order valence-electron chi connectivity index (χ2n) is 4.59. The van der Waals surface area contributed by atoms with Crippen molar-refractivity contribution in [1.29, 1.82) is 0 Å². The van der Waals surface area contributed by atoms with Crippen molar-refractivity contribution in [2.75, 3.05) is 0 Å². The summed E-state index contributed by atoms with van der Waals surface area (Å²) in [7, 11) is 0. The molecule has 20 heavy (non-hydrogen) atoms. The van der Waals surface area contributed by atoms with Crippen LogP contribution in [-0.4, -0.2) is 9.55 Å². The Morgan fingerprint density at radius 3 is 2.70 bits per heavy atom. The van der Waals surface area contributed by atoms with Gasteiger partial charge in [-0.3, -0.25) is 4.57 Å². The van der Waals surface area contributed by atoms with Crippen LogP contribution in [0.1, 0.15) is 11.4 Å². The van der Waals surface area contributed by atoms with Crippen molar-refractivity contribution in [3.05, 3.63) is 57.3 Å². The monoisotopic (exact) mass is 368 g/mol. The number of hydrogen-bond acceptors (Lipinski definition) is 1. The van der Waals surface area contributed by atoms with Gasteiger partial charge in [-0.25, -0.2) is 4.98 Å². The molecule has 0 amide bonds. The number of aromatic nitrogens is 2. The quantitative estimate of drug-likeness (QED) is 0.546.